The van der Waals surface area contributed by atoms with Gasteiger partial charge in [-0.2, -0.15) is 4.98 Å². The van der Waals surface area contributed by atoms with Gasteiger partial charge in [-0.1, -0.05) is 24.2 Å². The molecule has 1 unspecified atom stereocenters. The Labute approximate surface area is 193 Å². The minimum absolute atomic E-state index is 0.0766. The number of amides is 1. The molecule has 174 valence electrons. The molecule has 0 saturated carbocycles. The maximum absolute atomic E-state index is 12.6. The number of benzene rings is 2. The highest BCUT2D eigenvalue weighted by molar-refractivity contribution is 5.79. The molecule has 0 N–H and O–H groups in total. The molecule has 1 fully saturated rings. The Hall–Kier alpha value is -3.55. The lowest BCUT2D eigenvalue weighted by atomic mass is 10.1. The van der Waals surface area contributed by atoms with Crippen LogP contribution in [0.15, 0.2) is 47.0 Å². The molecule has 0 bridgehead atoms. The van der Waals surface area contributed by atoms with E-state index in [1.54, 1.807) is 7.11 Å². The summed E-state index contributed by atoms with van der Waals surface area (Å²) < 4.78 is 22.2. The molecule has 1 aromatic heterocycles. The van der Waals surface area contributed by atoms with Crippen molar-refractivity contribution >= 4 is 5.91 Å². The van der Waals surface area contributed by atoms with Crippen LogP contribution in [0.4, 0.5) is 0 Å². The van der Waals surface area contributed by atoms with E-state index >= 15 is 0 Å². The molecule has 1 amide bonds. The maximum atomic E-state index is 12.6. The van der Waals surface area contributed by atoms with Gasteiger partial charge in [-0.3, -0.25) is 4.79 Å². The Morgan fingerprint density at radius 2 is 1.91 bits per heavy atom. The smallest absolute Gasteiger partial charge is 0.232 e. The van der Waals surface area contributed by atoms with Crippen LogP contribution in [-0.4, -0.2) is 47.8 Å². The number of carbonyl (C=O) groups is 1. The molecular weight excluding hydrogens is 422 g/mol. The van der Waals surface area contributed by atoms with Crippen molar-refractivity contribution in [1.82, 2.24) is 15.0 Å². The Morgan fingerprint density at radius 1 is 1.09 bits per heavy atom. The van der Waals surface area contributed by atoms with Crippen molar-refractivity contribution in [2.45, 2.75) is 39.2 Å². The average molecular weight is 452 g/mol. The number of nitrogens with zero attached hydrogens (tertiary/aromatic N) is 3. The van der Waals surface area contributed by atoms with Gasteiger partial charge in [0.2, 0.25) is 17.6 Å². The second-order valence-electron chi connectivity index (χ2n) is 7.92. The lowest BCUT2D eigenvalue weighted by Gasteiger charge is -2.16. The van der Waals surface area contributed by atoms with E-state index in [4.69, 9.17) is 18.7 Å². The second kappa shape index (κ2) is 10.4. The summed E-state index contributed by atoms with van der Waals surface area (Å²) in [6, 6.07) is 13.4. The van der Waals surface area contributed by atoms with Crippen LogP contribution in [0.5, 0.6) is 17.2 Å². The average Bonchev–Trinajstić information content (AvgIpc) is 3.46. The van der Waals surface area contributed by atoms with Crippen LogP contribution in [0.25, 0.3) is 11.4 Å². The van der Waals surface area contributed by atoms with Crippen LogP contribution in [0.2, 0.25) is 0 Å². The highest BCUT2D eigenvalue weighted by Gasteiger charge is 2.34. The van der Waals surface area contributed by atoms with Gasteiger partial charge in [0.1, 0.15) is 5.75 Å². The Morgan fingerprint density at radius 3 is 2.64 bits per heavy atom. The quantitative estimate of drug-likeness (QED) is 0.450. The summed E-state index contributed by atoms with van der Waals surface area (Å²) in [4.78, 5) is 19.0. The van der Waals surface area contributed by atoms with Crippen LogP contribution in [-0.2, 0) is 11.3 Å². The normalized spacial score (nSPS) is 15.7. The van der Waals surface area contributed by atoms with Gasteiger partial charge in [-0.05, 0) is 49.2 Å². The van der Waals surface area contributed by atoms with Gasteiger partial charge < -0.3 is 23.6 Å². The third kappa shape index (κ3) is 5.27. The number of aromatic nitrogens is 2. The van der Waals surface area contributed by atoms with E-state index in [1.807, 2.05) is 54.3 Å². The van der Waals surface area contributed by atoms with Crippen molar-refractivity contribution in [3.05, 3.63) is 53.9 Å². The van der Waals surface area contributed by atoms with Crippen LogP contribution in [0.3, 0.4) is 0 Å². The molecule has 0 spiro atoms. The minimum atomic E-state index is -0.129. The van der Waals surface area contributed by atoms with Crippen molar-refractivity contribution in [3.8, 4) is 28.6 Å². The lowest BCUT2D eigenvalue weighted by Crippen LogP contribution is -2.24. The largest absolute Gasteiger partial charge is 0.494 e. The predicted molar refractivity (Wildman–Crippen MR) is 122 cm³/mol. The Bertz CT molecular complexity index is 1080. The standard InChI is InChI=1S/C25H29N3O5/c1-4-12-32-21-11-8-18(13-22(21)30-3)24-26-25(33-27-24)19-14-23(29)28(16-19)15-17-6-9-20(10-7-17)31-5-2/h6-11,13,19H,4-5,12,14-16H2,1-3H3. The molecule has 3 aromatic rings. The summed E-state index contributed by atoms with van der Waals surface area (Å²) in [5.41, 5.74) is 1.82. The van der Waals surface area contributed by atoms with Gasteiger partial charge in [0.05, 0.1) is 26.2 Å². The molecule has 2 heterocycles. The molecule has 4 rings (SSSR count). The fraction of sp³-hybridized carbons (Fsp3) is 0.400. The molecule has 0 radical (unpaired) electrons. The molecule has 33 heavy (non-hydrogen) atoms. The predicted octanol–water partition coefficient (Wildman–Crippen LogP) is 4.45. The van der Waals surface area contributed by atoms with Crippen molar-refractivity contribution in [2.75, 3.05) is 26.9 Å². The van der Waals surface area contributed by atoms with Gasteiger partial charge >= 0.3 is 0 Å². The number of hydrogen-bond acceptors (Lipinski definition) is 7. The van der Waals surface area contributed by atoms with Crippen molar-refractivity contribution < 1.29 is 23.5 Å². The summed E-state index contributed by atoms with van der Waals surface area (Å²) in [5.74, 6) is 3.00. The first-order valence-electron chi connectivity index (χ1n) is 11.3. The first-order chi connectivity index (χ1) is 16.1. The maximum Gasteiger partial charge on any atom is 0.232 e. The fourth-order valence-electron chi connectivity index (χ4n) is 3.82. The summed E-state index contributed by atoms with van der Waals surface area (Å²) in [6.07, 6.45) is 1.26. The third-order valence-corrected chi connectivity index (χ3v) is 5.50. The number of likely N-dealkylation sites (tertiary alicyclic amines) is 1. The summed E-state index contributed by atoms with van der Waals surface area (Å²) in [7, 11) is 1.60. The zero-order chi connectivity index (χ0) is 23.2. The lowest BCUT2D eigenvalue weighted by molar-refractivity contribution is -0.128. The minimum Gasteiger partial charge on any atom is -0.494 e. The SMILES string of the molecule is CCCOc1ccc(-c2noc(C3CC(=O)N(Cc4ccc(OCC)cc4)C3)n2)cc1OC. The number of carbonyl (C=O) groups excluding carboxylic acids is 1. The van der Waals surface area contributed by atoms with Gasteiger partial charge in [-0.25, -0.2) is 0 Å². The van der Waals surface area contributed by atoms with E-state index in [0.717, 1.165) is 23.3 Å². The zero-order valence-electron chi connectivity index (χ0n) is 19.2. The summed E-state index contributed by atoms with van der Waals surface area (Å²) >= 11 is 0. The van der Waals surface area contributed by atoms with Gasteiger partial charge in [0.15, 0.2) is 11.5 Å². The van der Waals surface area contributed by atoms with E-state index in [-0.39, 0.29) is 11.8 Å². The molecule has 8 heteroatoms. The molecule has 1 atom stereocenters. The molecule has 2 aromatic carbocycles. The summed E-state index contributed by atoms with van der Waals surface area (Å²) in [5, 5.41) is 4.13. The number of rotatable bonds is 10. The fourth-order valence-corrected chi connectivity index (χ4v) is 3.82. The molecule has 1 aliphatic heterocycles. The molecule has 8 nitrogen and oxygen atoms in total. The van der Waals surface area contributed by atoms with Crippen LogP contribution in [0, 0.1) is 0 Å². The number of methoxy groups -OCH3 is 1. The monoisotopic (exact) mass is 451 g/mol. The van der Waals surface area contributed by atoms with E-state index in [2.05, 4.69) is 17.1 Å². The molecule has 1 aliphatic rings. The van der Waals surface area contributed by atoms with Crippen molar-refractivity contribution in [3.63, 3.8) is 0 Å². The van der Waals surface area contributed by atoms with Crippen LogP contribution in [0.1, 0.15) is 44.1 Å². The highest BCUT2D eigenvalue weighted by atomic mass is 16.5. The van der Waals surface area contributed by atoms with E-state index in [1.165, 1.54) is 0 Å². The summed E-state index contributed by atoms with van der Waals surface area (Å²) in [6.45, 7) is 6.33. The molecule has 1 saturated heterocycles. The number of ether oxygens (including phenoxy) is 3. The van der Waals surface area contributed by atoms with Crippen molar-refractivity contribution in [2.24, 2.45) is 0 Å². The van der Waals surface area contributed by atoms with E-state index in [0.29, 0.717) is 55.9 Å². The second-order valence-corrected chi connectivity index (χ2v) is 7.92. The van der Waals surface area contributed by atoms with Crippen molar-refractivity contribution in [1.29, 1.82) is 0 Å². The van der Waals surface area contributed by atoms with Gasteiger partial charge in [0, 0.05) is 25.1 Å². The topological polar surface area (TPSA) is 86.9 Å². The van der Waals surface area contributed by atoms with Gasteiger partial charge in [-0.15, -0.1) is 0 Å². The third-order valence-electron chi connectivity index (χ3n) is 5.50. The molecular formula is C25H29N3O5. The first kappa shape index (κ1) is 22.6. The Kier molecular flexibility index (Phi) is 7.12. The van der Waals surface area contributed by atoms with E-state index in [9.17, 15) is 4.79 Å². The van der Waals surface area contributed by atoms with Crippen LogP contribution < -0.4 is 14.2 Å². The number of hydrogen-bond donors (Lipinski definition) is 0. The van der Waals surface area contributed by atoms with Crippen LogP contribution >= 0.6 is 0 Å². The molecule has 0 aliphatic carbocycles. The Balaban J connectivity index is 1.43. The zero-order valence-corrected chi connectivity index (χ0v) is 19.2. The van der Waals surface area contributed by atoms with E-state index < -0.39 is 0 Å². The highest BCUT2D eigenvalue weighted by Crippen LogP contribution is 2.33. The van der Waals surface area contributed by atoms with Gasteiger partial charge in [0.25, 0.3) is 0 Å². The first-order valence-corrected chi connectivity index (χ1v) is 11.3.